The molecule has 4 heterocycles. The third-order valence-electron chi connectivity index (χ3n) is 8.56. The smallest absolute Gasteiger partial charge is 0.339 e. The molecule has 5 N–H and O–H groups in total. The number of fused-ring (bicyclic) bond motifs is 4. The molecule has 11 nitrogen and oxygen atoms in total. The fourth-order valence-electron chi connectivity index (χ4n) is 6.60. The van der Waals surface area contributed by atoms with Crippen molar-refractivity contribution in [1.82, 2.24) is 4.90 Å². The van der Waals surface area contributed by atoms with Crippen molar-refractivity contribution in [3.8, 4) is 0 Å². The van der Waals surface area contributed by atoms with Gasteiger partial charge in [0.2, 0.25) is 12.2 Å². The molecule has 1 spiro atoms. The van der Waals surface area contributed by atoms with Crippen LogP contribution >= 0.6 is 0 Å². The van der Waals surface area contributed by atoms with Crippen molar-refractivity contribution in [1.29, 1.82) is 0 Å². The van der Waals surface area contributed by atoms with Gasteiger partial charge in [0.15, 0.2) is 0 Å². The average Bonchev–Trinajstić information content (AvgIpc) is 3.44. The fourth-order valence-corrected chi connectivity index (χ4v) is 6.60. The van der Waals surface area contributed by atoms with Crippen LogP contribution in [-0.4, -0.2) is 101 Å². The summed E-state index contributed by atoms with van der Waals surface area (Å²) in [7, 11) is 1.40. The first-order chi connectivity index (χ1) is 18.3. The Bertz CT molecular complexity index is 1120. The van der Waals surface area contributed by atoms with E-state index in [-0.39, 0.29) is 23.4 Å². The molecule has 0 unspecified atom stereocenters. The van der Waals surface area contributed by atoms with Crippen LogP contribution < -0.4 is 5.32 Å². The number of hydrogen-bond acceptors (Lipinski definition) is 10. The van der Waals surface area contributed by atoms with Crippen LogP contribution in [0.2, 0.25) is 0 Å². The summed E-state index contributed by atoms with van der Waals surface area (Å²) in [5.74, 6) is -1.49. The minimum atomic E-state index is -1.73. The zero-order chi connectivity index (χ0) is 27.2. The van der Waals surface area contributed by atoms with E-state index in [1.807, 2.05) is 24.3 Å². The summed E-state index contributed by atoms with van der Waals surface area (Å²) in [5, 5.41) is 43.0. The third kappa shape index (κ3) is 4.14. The summed E-state index contributed by atoms with van der Waals surface area (Å²) in [6, 6.07) is 7.49. The first kappa shape index (κ1) is 26.8. The van der Waals surface area contributed by atoms with Gasteiger partial charge >= 0.3 is 5.97 Å². The van der Waals surface area contributed by atoms with E-state index in [0.29, 0.717) is 19.4 Å². The van der Waals surface area contributed by atoms with E-state index in [0.717, 1.165) is 17.8 Å². The highest BCUT2D eigenvalue weighted by Crippen LogP contribution is 2.53. The Kier molecular flexibility index (Phi) is 7.33. The molecule has 1 aromatic rings. The molecule has 206 valence electrons. The highest BCUT2D eigenvalue weighted by Gasteiger charge is 2.60. The van der Waals surface area contributed by atoms with E-state index >= 15 is 0 Å². The average molecular weight is 531 g/mol. The van der Waals surface area contributed by atoms with Crippen LogP contribution in [-0.2, 0) is 29.2 Å². The number of esters is 1. The number of hydrogen-bond donors (Lipinski definition) is 5. The number of aliphatic hydroxyl groups is 4. The van der Waals surface area contributed by atoms with E-state index < -0.39 is 54.6 Å². The lowest BCUT2D eigenvalue weighted by atomic mass is 9.68. The van der Waals surface area contributed by atoms with Crippen LogP contribution in [0, 0.1) is 11.8 Å². The van der Waals surface area contributed by atoms with Gasteiger partial charge in [0.05, 0.1) is 31.0 Å². The van der Waals surface area contributed by atoms with Gasteiger partial charge < -0.3 is 40.0 Å². The molecular formula is C27H34N2O9. The zero-order valence-electron chi connectivity index (χ0n) is 21.1. The van der Waals surface area contributed by atoms with Gasteiger partial charge in [0, 0.05) is 24.2 Å². The van der Waals surface area contributed by atoms with E-state index in [2.05, 4.69) is 16.8 Å². The number of ether oxygens (including phenoxy) is 3. The molecule has 0 aromatic heterocycles. The highest BCUT2D eigenvalue weighted by molar-refractivity contribution is 6.07. The molecule has 4 aliphatic heterocycles. The maximum absolute atomic E-state index is 13.5. The largest absolute Gasteiger partial charge is 0.504 e. The summed E-state index contributed by atoms with van der Waals surface area (Å²) in [5.41, 5.74) is 1.18. The monoisotopic (exact) mass is 530 g/mol. The number of piperidine rings is 1. The fraction of sp³-hybridized carbons (Fsp3) is 0.556. The lowest BCUT2D eigenvalue weighted by molar-refractivity contribution is -0.291. The lowest BCUT2D eigenvalue weighted by Gasteiger charge is -2.44. The van der Waals surface area contributed by atoms with Gasteiger partial charge in [-0.15, -0.1) is 6.58 Å². The summed E-state index contributed by atoms with van der Waals surface area (Å²) in [6.45, 7) is 4.63. The van der Waals surface area contributed by atoms with Gasteiger partial charge in [-0.1, -0.05) is 24.3 Å². The number of nitrogens with zero attached hydrogens (tertiary/aromatic N) is 1. The van der Waals surface area contributed by atoms with Gasteiger partial charge in [0.1, 0.15) is 24.4 Å². The number of amides is 1. The Morgan fingerprint density at radius 3 is 2.74 bits per heavy atom. The Morgan fingerprint density at radius 2 is 2.03 bits per heavy atom. The maximum atomic E-state index is 13.5. The van der Waals surface area contributed by atoms with E-state index in [1.54, 1.807) is 6.08 Å². The second-order valence-corrected chi connectivity index (χ2v) is 10.4. The van der Waals surface area contributed by atoms with Gasteiger partial charge in [0.25, 0.3) is 0 Å². The van der Waals surface area contributed by atoms with E-state index in [4.69, 9.17) is 14.2 Å². The van der Waals surface area contributed by atoms with Gasteiger partial charge in [-0.2, -0.15) is 0 Å². The molecule has 1 aromatic carbocycles. The number of carbonyl (C=O) groups excluding carboxylic acids is 2. The number of anilines is 1. The number of benzene rings is 1. The predicted molar refractivity (Wildman–Crippen MR) is 133 cm³/mol. The summed E-state index contributed by atoms with van der Waals surface area (Å²) >= 11 is 0. The molecule has 0 radical (unpaired) electrons. The molecule has 3 fully saturated rings. The molecule has 5 rings (SSSR count). The Balaban J connectivity index is 1.42. The molecule has 11 heteroatoms. The molecule has 9 atom stereocenters. The SMILES string of the molecule is C=C[C@H]1CN2CC[C@@]3(C(=O)Nc4ccccc43)[C@@H]2C[C@@H]1/C(=C/OC)C(=O)O[C@@H]1O[C@H](CO)[C@@H](O)[C@H](O)[C@H]1O. The van der Waals surface area contributed by atoms with Crippen molar-refractivity contribution < 1.29 is 44.2 Å². The van der Waals surface area contributed by atoms with Crippen LogP contribution in [0.5, 0.6) is 0 Å². The van der Waals surface area contributed by atoms with Crippen molar-refractivity contribution >= 4 is 17.6 Å². The van der Waals surface area contributed by atoms with Crippen molar-refractivity contribution in [3.63, 3.8) is 0 Å². The number of aliphatic hydroxyl groups excluding tert-OH is 4. The normalized spacial score (nSPS) is 38.9. The molecule has 0 aliphatic carbocycles. The van der Waals surface area contributed by atoms with Crippen molar-refractivity contribution in [3.05, 3.63) is 54.3 Å². The molecule has 1 amide bonds. The van der Waals surface area contributed by atoms with Gasteiger partial charge in [-0.3, -0.25) is 9.69 Å². The van der Waals surface area contributed by atoms with Crippen LogP contribution in [0.15, 0.2) is 48.8 Å². The molecule has 38 heavy (non-hydrogen) atoms. The first-order valence-electron chi connectivity index (χ1n) is 12.8. The molecule has 0 saturated carbocycles. The summed E-state index contributed by atoms with van der Waals surface area (Å²) in [6.07, 6.45) is -3.67. The van der Waals surface area contributed by atoms with Crippen molar-refractivity contribution in [2.45, 2.75) is 55.0 Å². The molecule has 0 bridgehead atoms. The second-order valence-electron chi connectivity index (χ2n) is 10.4. The maximum Gasteiger partial charge on any atom is 0.339 e. The predicted octanol–water partition coefficient (Wildman–Crippen LogP) is -0.354. The number of carbonyl (C=O) groups is 2. The third-order valence-corrected chi connectivity index (χ3v) is 8.56. The van der Waals surface area contributed by atoms with Crippen LogP contribution in [0.3, 0.4) is 0 Å². The van der Waals surface area contributed by atoms with E-state index in [9.17, 15) is 30.0 Å². The number of nitrogens with one attached hydrogen (secondary N) is 1. The molecule has 4 aliphatic rings. The minimum absolute atomic E-state index is 0.0526. The molecular weight excluding hydrogens is 496 g/mol. The number of rotatable bonds is 6. The Labute approximate surface area is 220 Å². The first-order valence-corrected chi connectivity index (χ1v) is 12.8. The van der Waals surface area contributed by atoms with Crippen molar-refractivity contribution in [2.75, 3.05) is 32.1 Å². The quantitative estimate of drug-likeness (QED) is 0.142. The summed E-state index contributed by atoms with van der Waals surface area (Å²) < 4.78 is 16.1. The minimum Gasteiger partial charge on any atom is -0.504 e. The van der Waals surface area contributed by atoms with Crippen LogP contribution in [0.4, 0.5) is 5.69 Å². The van der Waals surface area contributed by atoms with Gasteiger partial charge in [-0.05, 0) is 36.9 Å². The van der Waals surface area contributed by atoms with E-state index in [1.165, 1.54) is 13.4 Å². The van der Waals surface area contributed by atoms with Gasteiger partial charge in [-0.25, -0.2) is 4.79 Å². The Hall–Kier alpha value is -2.80. The Morgan fingerprint density at radius 1 is 1.26 bits per heavy atom. The van der Waals surface area contributed by atoms with Crippen LogP contribution in [0.25, 0.3) is 0 Å². The lowest BCUT2D eigenvalue weighted by Crippen LogP contribution is -2.59. The van der Waals surface area contributed by atoms with Crippen molar-refractivity contribution in [2.24, 2.45) is 11.8 Å². The molecule has 3 saturated heterocycles. The standard InChI is InChI=1S/C27H34N2O9/c1-3-14-11-29-9-8-27(17-6-4-5-7-18(17)28-26(27)35)20(29)10-15(14)16(13-36-2)24(34)38-25-23(33)22(32)21(31)19(12-30)37-25/h3-7,13-15,19-23,25,30-33H,1,8-12H2,2H3,(H,28,35)/b16-13-/t14-,15-,19+,20-,21+,22-,23+,25-,27-/m0/s1. The van der Waals surface area contributed by atoms with Crippen LogP contribution in [0.1, 0.15) is 18.4 Å². The summed E-state index contributed by atoms with van der Waals surface area (Å²) in [4.78, 5) is 29.2. The topological polar surface area (TPSA) is 158 Å². The number of para-hydroxylation sites is 1. The zero-order valence-corrected chi connectivity index (χ0v) is 21.1. The second kappa shape index (κ2) is 10.4. The highest BCUT2D eigenvalue weighted by atomic mass is 16.7. The number of methoxy groups -OCH3 is 1.